The number of hydrogen-bond acceptors (Lipinski definition) is 3. The highest BCUT2D eigenvalue weighted by Gasteiger charge is 2.21. The third kappa shape index (κ3) is 2.83. The topological polar surface area (TPSA) is 48.0 Å². The predicted molar refractivity (Wildman–Crippen MR) is 163 cm³/mol. The molecule has 0 atom stereocenters. The maximum Gasteiger partial charge on any atom is 0.148 e. The summed E-state index contributed by atoms with van der Waals surface area (Å²) in [6, 6.07) is 40.4. The van der Waals surface area contributed by atoms with Crippen LogP contribution in [0, 0.1) is 0 Å². The number of benzene rings is 4. The lowest BCUT2D eigenvalue weighted by molar-refractivity contribution is 1.09. The monoisotopic (exact) mass is 511 g/mol. The molecule has 5 heteroatoms. The summed E-state index contributed by atoms with van der Waals surface area (Å²) in [4.78, 5) is 14.6. The maximum atomic E-state index is 5.24. The fraction of sp³-hybridized carbons (Fsp3) is 0. The van der Waals surface area contributed by atoms with Crippen molar-refractivity contribution in [3.8, 4) is 17.1 Å². The van der Waals surface area contributed by atoms with Crippen LogP contribution in [0.15, 0.2) is 128 Å². The number of rotatable bonds is 2. The average Bonchev–Trinajstić information content (AvgIpc) is 3.58. The molecule has 5 aromatic heterocycles. The van der Waals surface area contributed by atoms with Gasteiger partial charge < -0.3 is 0 Å². The zero-order valence-corrected chi connectivity index (χ0v) is 21.4. The highest BCUT2D eigenvalue weighted by molar-refractivity contribution is 6.27. The van der Waals surface area contributed by atoms with E-state index in [0.29, 0.717) is 0 Å². The molecule has 0 unspecified atom stereocenters. The second-order valence-corrected chi connectivity index (χ2v) is 10.1. The number of pyridine rings is 3. The van der Waals surface area contributed by atoms with E-state index in [0.717, 1.165) is 55.7 Å². The Kier molecular flexibility index (Phi) is 4.27. The molecule has 4 aromatic carbocycles. The van der Waals surface area contributed by atoms with Crippen molar-refractivity contribution in [1.29, 1.82) is 0 Å². The van der Waals surface area contributed by atoms with E-state index >= 15 is 0 Å². The van der Waals surface area contributed by atoms with Gasteiger partial charge in [-0.3, -0.25) is 14.0 Å². The van der Waals surface area contributed by atoms with Crippen LogP contribution in [0.25, 0.3) is 77.2 Å². The first kappa shape index (κ1) is 21.4. The van der Waals surface area contributed by atoms with Crippen molar-refractivity contribution in [2.45, 2.75) is 0 Å². The van der Waals surface area contributed by atoms with Gasteiger partial charge in [-0.2, -0.15) is 0 Å². The largest absolute Gasteiger partial charge is 0.293 e. The number of fused-ring (bicyclic) bond motifs is 12. The summed E-state index contributed by atoms with van der Waals surface area (Å²) in [5.41, 5.74) is 8.37. The third-order valence-electron chi connectivity index (χ3n) is 8.00. The molecule has 0 amide bonds. The molecular formula is C35H21N5. The minimum Gasteiger partial charge on any atom is -0.293 e. The lowest BCUT2D eigenvalue weighted by atomic mass is 10.0. The van der Waals surface area contributed by atoms with E-state index in [-0.39, 0.29) is 0 Å². The summed E-state index contributed by atoms with van der Waals surface area (Å²) in [5.74, 6) is 0.871. The summed E-state index contributed by atoms with van der Waals surface area (Å²) in [7, 11) is 0. The van der Waals surface area contributed by atoms with Gasteiger partial charge in [0.2, 0.25) is 0 Å². The molecule has 0 aliphatic carbocycles. The molecule has 0 saturated carbocycles. The van der Waals surface area contributed by atoms with Gasteiger partial charge in [0.25, 0.3) is 0 Å². The SMILES string of the molecule is c1cc(-c2ccncc2)nc(-n2c3ccccc3c3ccc4c5ccccc5n5c6ccccc6nc5c4c32)c1. The van der Waals surface area contributed by atoms with Gasteiger partial charge in [0.05, 0.1) is 38.7 Å². The number of para-hydroxylation sites is 4. The van der Waals surface area contributed by atoms with Crippen LogP contribution in [0.2, 0.25) is 0 Å². The van der Waals surface area contributed by atoms with Crippen LogP contribution in [0.5, 0.6) is 0 Å². The quantitative estimate of drug-likeness (QED) is 0.219. The smallest absolute Gasteiger partial charge is 0.148 e. The summed E-state index contributed by atoms with van der Waals surface area (Å²) in [6.45, 7) is 0. The Hall–Kier alpha value is -5.55. The fourth-order valence-electron chi connectivity index (χ4n) is 6.31. The molecule has 5 nitrogen and oxygen atoms in total. The highest BCUT2D eigenvalue weighted by atomic mass is 15.1. The van der Waals surface area contributed by atoms with Crippen molar-refractivity contribution >= 4 is 60.2 Å². The first-order chi connectivity index (χ1) is 19.9. The van der Waals surface area contributed by atoms with Gasteiger partial charge in [-0.05, 0) is 53.9 Å². The van der Waals surface area contributed by atoms with Crippen molar-refractivity contribution in [3.63, 3.8) is 0 Å². The van der Waals surface area contributed by atoms with Crippen molar-refractivity contribution in [1.82, 2.24) is 23.9 Å². The van der Waals surface area contributed by atoms with Crippen LogP contribution in [-0.4, -0.2) is 23.9 Å². The number of aromatic nitrogens is 5. The maximum absolute atomic E-state index is 5.24. The molecule has 0 fully saturated rings. The molecule has 186 valence electrons. The molecule has 5 heterocycles. The standard InChI is InChI=1S/C35H21N5/c1-4-12-29-23(8-1)25-16-17-26-24-9-2-5-13-30(24)40(32-15-7-11-27(37-32)22-18-20-36-21-19-22)34(26)33(25)35-38-28-10-3-6-14-31(28)39(29)35/h1-21H. The van der Waals surface area contributed by atoms with E-state index in [9.17, 15) is 0 Å². The Morgan fingerprint density at radius 1 is 0.500 bits per heavy atom. The number of imidazole rings is 1. The molecule has 40 heavy (non-hydrogen) atoms. The third-order valence-corrected chi connectivity index (χ3v) is 8.00. The van der Waals surface area contributed by atoms with E-state index in [1.54, 1.807) is 0 Å². The lowest BCUT2D eigenvalue weighted by Gasteiger charge is -2.13. The Morgan fingerprint density at radius 2 is 1.20 bits per heavy atom. The Labute approximate surface area is 228 Å². The van der Waals surface area contributed by atoms with Crippen molar-refractivity contribution in [2.75, 3.05) is 0 Å². The molecule has 9 rings (SSSR count). The van der Waals surface area contributed by atoms with Gasteiger partial charge in [-0.25, -0.2) is 9.97 Å². The molecule has 0 bridgehead atoms. The Morgan fingerprint density at radius 3 is 2.05 bits per heavy atom. The van der Waals surface area contributed by atoms with Crippen LogP contribution in [0.4, 0.5) is 0 Å². The van der Waals surface area contributed by atoms with E-state index in [2.05, 4.69) is 117 Å². The van der Waals surface area contributed by atoms with Crippen LogP contribution in [0.1, 0.15) is 0 Å². The summed E-state index contributed by atoms with van der Waals surface area (Å²) >= 11 is 0. The van der Waals surface area contributed by atoms with Crippen LogP contribution in [0.3, 0.4) is 0 Å². The van der Waals surface area contributed by atoms with Crippen LogP contribution < -0.4 is 0 Å². The first-order valence-electron chi connectivity index (χ1n) is 13.4. The second-order valence-electron chi connectivity index (χ2n) is 10.1. The van der Waals surface area contributed by atoms with E-state index in [1.807, 2.05) is 24.5 Å². The Bertz CT molecular complexity index is 2430. The average molecular weight is 512 g/mol. The molecule has 0 saturated heterocycles. The summed E-state index contributed by atoms with van der Waals surface area (Å²) in [6.07, 6.45) is 3.62. The number of hydrogen-bond donors (Lipinski definition) is 0. The highest BCUT2D eigenvalue weighted by Crippen LogP contribution is 2.41. The zero-order valence-electron chi connectivity index (χ0n) is 21.4. The molecule has 9 aromatic rings. The van der Waals surface area contributed by atoms with E-state index in [4.69, 9.17) is 9.97 Å². The van der Waals surface area contributed by atoms with Gasteiger partial charge in [0.15, 0.2) is 0 Å². The van der Waals surface area contributed by atoms with Crippen molar-refractivity contribution in [2.24, 2.45) is 0 Å². The Balaban J connectivity index is 1.53. The van der Waals surface area contributed by atoms with E-state index < -0.39 is 0 Å². The second kappa shape index (κ2) is 7.98. The molecule has 0 spiro atoms. The minimum absolute atomic E-state index is 0.871. The van der Waals surface area contributed by atoms with Gasteiger partial charge >= 0.3 is 0 Å². The van der Waals surface area contributed by atoms with Gasteiger partial charge in [0.1, 0.15) is 11.5 Å². The normalized spacial score (nSPS) is 12.0. The van der Waals surface area contributed by atoms with E-state index in [1.165, 1.54) is 21.5 Å². The van der Waals surface area contributed by atoms with Gasteiger partial charge in [-0.15, -0.1) is 0 Å². The summed E-state index contributed by atoms with van der Waals surface area (Å²) < 4.78 is 4.63. The van der Waals surface area contributed by atoms with Crippen molar-refractivity contribution < 1.29 is 0 Å². The fourth-order valence-corrected chi connectivity index (χ4v) is 6.31. The lowest BCUT2D eigenvalue weighted by Crippen LogP contribution is -2.00. The minimum atomic E-state index is 0.871. The van der Waals surface area contributed by atoms with Crippen LogP contribution in [-0.2, 0) is 0 Å². The molecule has 0 aliphatic rings. The summed E-state index contributed by atoms with van der Waals surface area (Å²) in [5, 5.41) is 5.88. The number of nitrogens with zero attached hydrogens (tertiary/aromatic N) is 5. The zero-order chi connectivity index (χ0) is 26.2. The molecular weight excluding hydrogens is 490 g/mol. The first-order valence-corrected chi connectivity index (χ1v) is 13.4. The van der Waals surface area contributed by atoms with Gasteiger partial charge in [-0.1, -0.05) is 66.7 Å². The molecule has 0 radical (unpaired) electrons. The molecule has 0 N–H and O–H groups in total. The predicted octanol–water partition coefficient (Wildman–Crippen LogP) is 8.35. The van der Waals surface area contributed by atoms with Crippen LogP contribution >= 0.6 is 0 Å². The van der Waals surface area contributed by atoms with Gasteiger partial charge in [0, 0.05) is 34.1 Å². The molecule has 0 aliphatic heterocycles. The van der Waals surface area contributed by atoms with Crippen molar-refractivity contribution in [3.05, 3.63) is 128 Å².